The molecule has 2 heterocycles. The average Bonchev–Trinajstić information content (AvgIpc) is 3.81. The maximum absolute atomic E-state index is 6.38. The van der Waals surface area contributed by atoms with E-state index < -0.39 is 0 Å². The molecular formula is C50H31NOS. The number of para-hydroxylation sites is 1. The van der Waals surface area contributed by atoms with E-state index in [1.807, 2.05) is 17.4 Å². The SMILES string of the molecule is c1ccc2c(-c3ccc(N(c4ccc(-c5cccc6sc7c8ccccc8ccc7c56)cc4)c4cccc5oc6ccccc6c45)cc3)cccc2c1. The van der Waals surface area contributed by atoms with E-state index in [9.17, 15) is 0 Å². The molecule has 0 saturated heterocycles. The molecule has 2 nitrogen and oxygen atoms in total. The Bertz CT molecular complexity index is 3160. The Morgan fingerprint density at radius 3 is 1.75 bits per heavy atom. The fourth-order valence-electron chi connectivity index (χ4n) is 8.22. The lowest BCUT2D eigenvalue weighted by Crippen LogP contribution is -2.10. The number of fused-ring (bicyclic) bond motifs is 9. The van der Waals surface area contributed by atoms with Crippen molar-refractivity contribution in [3.05, 3.63) is 188 Å². The number of nitrogens with zero attached hydrogens (tertiary/aromatic N) is 1. The van der Waals surface area contributed by atoms with E-state index in [0.717, 1.165) is 39.0 Å². The largest absolute Gasteiger partial charge is 0.456 e. The minimum Gasteiger partial charge on any atom is -0.456 e. The quantitative estimate of drug-likeness (QED) is 0.178. The first-order valence-corrected chi connectivity index (χ1v) is 18.8. The molecule has 3 heteroatoms. The minimum atomic E-state index is 0.876. The third-order valence-corrected chi connectivity index (χ3v) is 11.9. The topological polar surface area (TPSA) is 16.4 Å². The standard InChI is InChI=1S/C50H31NOS/c1-3-13-38-32(10-1)12-7-16-39(38)34-22-27-36(28-23-34)51(44-18-9-20-46-49(44)42-15-5-6-19-45(42)52-46)37-29-24-35(25-30-37)40-17-8-21-47-48(40)43-31-26-33-11-2-4-14-41(33)50(43)53-47/h1-31H. The van der Waals surface area contributed by atoms with Gasteiger partial charge < -0.3 is 9.32 Å². The van der Waals surface area contributed by atoms with Crippen molar-refractivity contribution in [2.45, 2.75) is 0 Å². The second kappa shape index (κ2) is 11.9. The number of anilines is 3. The molecule has 0 saturated carbocycles. The fraction of sp³-hybridized carbons (Fsp3) is 0. The highest BCUT2D eigenvalue weighted by molar-refractivity contribution is 7.26. The summed E-state index contributed by atoms with van der Waals surface area (Å²) in [6, 6.07) is 67.9. The van der Waals surface area contributed by atoms with E-state index in [0.29, 0.717) is 0 Å². The third kappa shape index (κ3) is 4.78. The Hall–Kier alpha value is -6.68. The van der Waals surface area contributed by atoms with Crippen LogP contribution in [0.15, 0.2) is 192 Å². The maximum atomic E-state index is 6.38. The Kier molecular flexibility index (Phi) is 6.76. The summed E-state index contributed by atoms with van der Waals surface area (Å²) < 4.78 is 9.04. The van der Waals surface area contributed by atoms with Gasteiger partial charge in [-0.2, -0.15) is 0 Å². The highest BCUT2D eigenvalue weighted by Gasteiger charge is 2.20. The van der Waals surface area contributed by atoms with E-state index in [2.05, 4.69) is 187 Å². The number of thiophene rings is 1. The van der Waals surface area contributed by atoms with Crippen LogP contribution in [0, 0.1) is 0 Å². The normalized spacial score (nSPS) is 11.8. The number of hydrogen-bond donors (Lipinski definition) is 0. The van der Waals surface area contributed by atoms with Crippen LogP contribution in [0.3, 0.4) is 0 Å². The molecule has 53 heavy (non-hydrogen) atoms. The zero-order valence-corrected chi connectivity index (χ0v) is 29.5. The molecule has 2 aromatic heterocycles. The summed E-state index contributed by atoms with van der Waals surface area (Å²) in [5.74, 6) is 0. The summed E-state index contributed by atoms with van der Waals surface area (Å²) in [4.78, 5) is 2.37. The van der Waals surface area contributed by atoms with Gasteiger partial charge in [0.2, 0.25) is 0 Å². The van der Waals surface area contributed by atoms with Crippen LogP contribution in [0.5, 0.6) is 0 Å². The van der Waals surface area contributed by atoms with Crippen LogP contribution in [0.2, 0.25) is 0 Å². The molecule has 0 N–H and O–H groups in total. The van der Waals surface area contributed by atoms with Crippen LogP contribution >= 0.6 is 11.3 Å². The van der Waals surface area contributed by atoms with Gasteiger partial charge in [-0.1, -0.05) is 140 Å². The summed E-state index contributed by atoms with van der Waals surface area (Å²) in [7, 11) is 0. The second-order valence-corrected chi connectivity index (χ2v) is 14.7. The molecule has 0 aliphatic rings. The molecule has 0 atom stereocenters. The lowest BCUT2D eigenvalue weighted by atomic mass is 9.97. The maximum Gasteiger partial charge on any atom is 0.137 e. The Morgan fingerprint density at radius 1 is 0.377 bits per heavy atom. The number of benzene rings is 9. The number of hydrogen-bond acceptors (Lipinski definition) is 3. The monoisotopic (exact) mass is 693 g/mol. The number of furan rings is 1. The molecule has 0 unspecified atom stereocenters. The molecule has 11 rings (SSSR count). The molecule has 0 aliphatic heterocycles. The van der Waals surface area contributed by atoms with Crippen LogP contribution in [0.25, 0.3) is 85.9 Å². The molecule has 0 aliphatic carbocycles. The van der Waals surface area contributed by atoms with Crippen molar-refractivity contribution in [1.29, 1.82) is 0 Å². The van der Waals surface area contributed by atoms with Crippen molar-refractivity contribution in [3.8, 4) is 22.3 Å². The molecule has 0 amide bonds. The van der Waals surface area contributed by atoms with Crippen molar-refractivity contribution < 1.29 is 4.42 Å². The lowest BCUT2D eigenvalue weighted by Gasteiger charge is -2.27. The smallest absolute Gasteiger partial charge is 0.137 e. The van der Waals surface area contributed by atoms with Gasteiger partial charge in [0.25, 0.3) is 0 Å². The summed E-state index contributed by atoms with van der Waals surface area (Å²) >= 11 is 1.89. The van der Waals surface area contributed by atoms with Crippen LogP contribution in [-0.2, 0) is 0 Å². The zero-order valence-electron chi connectivity index (χ0n) is 28.7. The Labute approximate surface area is 310 Å². The van der Waals surface area contributed by atoms with Gasteiger partial charge in [-0.15, -0.1) is 11.3 Å². The van der Waals surface area contributed by atoms with Crippen LogP contribution in [-0.4, -0.2) is 0 Å². The van der Waals surface area contributed by atoms with Crippen LogP contribution < -0.4 is 4.90 Å². The van der Waals surface area contributed by atoms with E-state index in [1.165, 1.54) is 64.0 Å². The molecule has 248 valence electrons. The van der Waals surface area contributed by atoms with Gasteiger partial charge in [-0.05, 0) is 92.3 Å². The first kappa shape index (κ1) is 30.0. The van der Waals surface area contributed by atoms with E-state index in [4.69, 9.17) is 4.42 Å². The van der Waals surface area contributed by atoms with Gasteiger partial charge in [0.1, 0.15) is 11.2 Å². The molecule has 9 aromatic carbocycles. The predicted octanol–water partition coefficient (Wildman–Crippen LogP) is 15.1. The summed E-state index contributed by atoms with van der Waals surface area (Å²) in [5, 5.41) is 9.94. The molecular weight excluding hydrogens is 663 g/mol. The van der Waals surface area contributed by atoms with Gasteiger partial charge in [0.15, 0.2) is 0 Å². The van der Waals surface area contributed by atoms with E-state index >= 15 is 0 Å². The summed E-state index contributed by atoms with van der Waals surface area (Å²) in [6.45, 7) is 0. The van der Waals surface area contributed by atoms with Crippen molar-refractivity contribution in [3.63, 3.8) is 0 Å². The Morgan fingerprint density at radius 2 is 0.962 bits per heavy atom. The third-order valence-electron chi connectivity index (χ3n) is 10.7. The van der Waals surface area contributed by atoms with Crippen molar-refractivity contribution in [1.82, 2.24) is 0 Å². The van der Waals surface area contributed by atoms with Crippen molar-refractivity contribution in [2.75, 3.05) is 4.90 Å². The van der Waals surface area contributed by atoms with Crippen LogP contribution in [0.1, 0.15) is 0 Å². The van der Waals surface area contributed by atoms with Crippen LogP contribution in [0.4, 0.5) is 17.1 Å². The first-order valence-electron chi connectivity index (χ1n) is 18.0. The number of rotatable bonds is 5. The highest BCUT2D eigenvalue weighted by Crippen LogP contribution is 2.46. The van der Waals surface area contributed by atoms with Gasteiger partial charge in [-0.3, -0.25) is 0 Å². The van der Waals surface area contributed by atoms with Gasteiger partial charge in [-0.25, -0.2) is 0 Å². The minimum absolute atomic E-state index is 0.876. The Balaban J connectivity index is 1.07. The van der Waals surface area contributed by atoms with Gasteiger partial charge in [0.05, 0.1) is 11.1 Å². The molecule has 11 aromatic rings. The zero-order chi connectivity index (χ0) is 34.9. The van der Waals surface area contributed by atoms with Crippen molar-refractivity contribution in [2.24, 2.45) is 0 Å². The fourth-order valence-corrected chi connectivity index (χ4v) is 9.49. The predicted molar refractivity (Wildman–Crippen MR) is 227 cm³/mol. The van der Waals surface area contributed by atoms with Gasteiger partial charge >= 0.3 is 0 Å². The highest BCUT2D eigenvalue weighted by atomic mass is 32.1. The van der Waals surface area contributed by atoms with Gasteiger partial charge in [0, 0.05) is 36.9 Å². The summed E-state index contributed by atoms with van der Waals surface area (Å²) in [6.07, 6.45) is 0. The molecule has 0 bridgehead atoms. The molecule has 0 radical (unpaired) electrons. The first-order chi connectivity index (χ1) is 26.3. The van der Waals surface area contributed by atoms with E-state index in [-0.39, 0.29) is 0 Å². The molecule has 0 spiro atoms. The lowest BCUT2D eigenvalue weighted by molar-refractivity contribution is 0.669. The van der Waals surface area contributed by atoms with Crippen molar-refractivity contribution >= 4 is 92.1 Å². The van der Waals surface area contributed by atoms with E-state index in [1.54, 1.807) is 0 Å². The molecule has 0 fully saturated rings. The average molecular weight is 694 g/mol. The summed E-state index contributed by atoms with van der Waals surface area (Å²) in [5.41, 5.74) is 9.89. The second-order valence-electron chi connectivity index (χ2n) is 13.6.